The van der Waals surface area contributed by atoms with Crippen molar-refractivity contribution in [3.05, 3.63) is 71.3 Å². The standard InChI is InChI=1S/C21H22O5/c1-3-26-18(22)13-14-21(2,25)20(24)17-11-9-16(10-12-17)19(23)15-7-5-4-6-8-15/h4-12,25H,3,13-14H2,1-2H3. The third-order valence-corrected chi connectivity index (χ3v) is 4.06. The van der Waals surface area contributed by atoms with Gasteiger partial charge in [-0.3, -0.25) is 14.4 Å². The molecule has 1 unspecified atom stereocenters. The molecule has 1 atom stereocenters. The Hall–Kier alpha value is -2.79. The fourth-order valence-electron chi connectivity index (χ4n) is 2.53. The van der Waals surface area contributed by atoms with Gasteiger partial charge in [-0.15, -0.1) is 0 Å². The summed E-state index contributed by atoms with van der Waals surface area (Å²) in [7, 11) is 0. The minimum absolute atomic E-state index is 0.0324. The second kappa shape index (κ2) is 8.54. The Bertz CT molecular complexity index is 776. The highest BCUT2D eigenvalue weighted by Gasteiger charge is 2.31. The van der Waals surface area contributed by atoms with E-state index in [0.717, 1.165) is 0 Å². The summed E-state index contributed by atoms with van der Waals surface area (Å²) in [6, 6.07) is 15.0. The topological polar surface area (TPSA) is 80.7 Å². The molecule has 26 heavy (non-hydrogen) atoms. The summed E-state index contributed by atoms with van der Waals surface area (Å²) in [5.41, 5.74) is -0.382. The molecule has 0 radical (unpaired) electrons. The van der Waals surface area contributed by atoms with Crippen LogP contribution in [0.5, 0.6) is 0 Å². The zero-order valence-electron chi connectivity index (χ0n) is 14.9. The lowest BCUT2D eigenvalue weighted by Crippen LogP contribution is -2.36. The molecule has 5 nitrogen and oxygen atoms in total. The maximum absolute atomic E-state index is 12.5. The molecule has 0 aliphatic carbocycles. The van der Waals surface area contributed by atoms with Gasteiger partial charge in [-0.2, -0.15) is 0 Å². The van der Waals surface area contributed by atoms with Crippen molar-refractivity contribution in [2.45, 2.75) is 32.3 Å². The van der Waals surface area contributed by atoms with Crippen molar-refractivity contribution in [2.24, 2.45) is 0 Å². The number of hydrogen-bond donors (Lipinski definition) is 1. The van der Waals surface area contributed by atoms with E-state index in [2.05, 4.69) is 0 Å². The highest BCUT2D eigenvalue weighted by molar-refractivity contribution is 6.09. The van der Waals surface area contributed by atoms with Crippen molar-refractivity contribution in [3.63, 3.8) is 0 Å². The smallest absolute Gasteiger partial charge is 0.305 e. The van der Waals surface area contributed by atoms with Gasteiger partial charge in [0.2, 0.25) is 0 Å². The second-order valence-electron chi connectivity index (χ2n) is 6.18. The monoisotopic (exact) mass is 354 g/mol. The number of carbonyl (C=O) groups is 3. The first-order chi connectivity index (χ1) is 12.3. The molecule has 0 aromatic heterocycles. The first-order valence-electron chi connectivity index (χ1n) is 8.48. The summed E-state index contributed by atoms with van der Waals surface area (Å²) in [5.74, 6) is -1.09. The summed E-state index contributed by atoms with van der Waals surface area (Å²) < 4.78 is 4.81. The maximum Gasteiger partial charge on any atom is 0.305 e. The second-order valence-corrected chi connectivity index (χ2v) is 6.18. The van der Waals surface area contributed by atoms with E-state index in [0.29, 0.717) is 11.1 Å². The first-order valence-corrected chi connectivity index (χ1v) is 8.48. The molecular formula is C21H22O5. The molecule has 0 heterocycles. The Morgan fingerprint density at radius 3 is 2.04 bits per heavy atom. The number of hydrogen-bond acceptors (Lipinski definition) is 5. The van der Waals surface area contributed by atoms with Crippen molar-refractivity contribution in [3.8, 4) is 0 Å². The van der Waals surface area contributed by atoms with Crippen molar-refractivity contribution >= 4 is 17.5 Å². The van der Waals surface area contributed by atoms with Crippen LogP contribution in [0.1, 0.15) is 53.0 Å². The van der Waals surface area contributed by atoms with E-state index >= 15 is 0 Å². The van der Waals surface area contributed by atoms with Gasteiger partial charge in [-0.25, -0.2) is 0 Å². The number of esters is 1. The third-order valence-electron chi connectivity index (χ3n) is 4.06. The quantitative estimate of drug-likeness (QED) is 0.582. The molecule has 1 N–H and O–H groups in total. The lowest BCUT2D eigenvalue weighted by molar-refractivity contribution is -0.144. The number of ketones is 2. The van der Waals surface area contributed by atoms with Gasteiger partial charge in [0.05, 0.1) is 6.61 Å². The van der Waals surface area contributed by atoms with Gasteiger partial charge in [-0.1, -0.05) is 54.6 Å². The van der Waals surface area contributed by atoms with E-state index in [-0.39, 0.29) is 30.8 Å². The van der Waals surface area contributed by atoms with Crippen LogP contribution in [0, 0.1) is 0 Å². The minimum atomic E-state index is -1.68. The van der Waals surface area contributed by atoms with Gasteiger partial charge in [-0.05, 0) is 20.3 Å². The van der Waals surface area contributed by atoms with Gasteiger partial charge < -0.3 is 9.84 Å². The van der Waals surface area contributed by atoms with Crippen LogP contribution in [0.4, 0.5) is 0 Å². The number of carbonyl (C=O) groups excluding carboxylic acids is 3. The van der Waals surface area contributed by atoms with Crippen LogP contribution in [0.15, 0.2) is 54.6 Å². The lowest BCUT2D eigenvalue weighted by Gasteiger charge is -2.21. The lowest BCUT2D eigenvalue weighted by atomic mass is 9.89. The molecule has 136 valence electrons. The minimum Gasteiger partial charge on any atom is -0.466 e. The summed E-state index contributed by atoms with van der Waals surface area (Å²) in [4.78, 5) is 36.3. The Labute approximate surface area is 152 Å². The Morgan fingerprint density at radius 2 is 1.46 bits per heavy atom. The number of aliphatic hydroxyl groups is 1. The Morgan fingerprint density at radius 1 is 0.923 bits per heavy atom. The predicted molar refractivity (Wildman–Crippen MR) is 97.1 cm³/mol. The van der Waals surface area contributed by atoms with Crippen molar-refractivity contribution in [1.82, 2.24) is 0 Å². The van der Waals surface area contributed by atoms with Crippen LogP contribution in [0.25, 0.3) is 0 Å². The normalized spacial score (nSPS) is 12.9. The molecule has 0 amide bonds. The summed E-state index contributed by atoms with van der Waals surface area (Å²) >= 11 is 0. The van der Waals surface area contributed by atoms with Crippen LogP contribution in [-0.4, -0.2) is 34.9 Å². The Kier molecular flexibility index (Phi) is 6.41. The van der Waals surface area contributed by atoms with Gasteiger partial charge in [0.25, 0.3) is 0 Å². The fraction of sp³-hybridized carbons (Fsp3) is 0.286. The molecule has 2 aromatic carbocycles. The van der Waals surface area contributed by atoms with E-state index in [4.69, 9.17) is 4.74 Å². The number of Topliss-reactive ketones (excluding diaryl/α,β-unsaturated/α-hetero) is 1. The third kappa shape index (κ3) is 4.86. The predicted octanol–water partition coefficient (Wildman–Crippen LogP) is 3.19. The van der Waals surface area contributed by atoms with Crippen LogP contribution >= 0.6 is 0 Å². The van der Waals surface area contributed by atoms with Gasteiger partial charge in [0, 0.05) is 23.1 Å². The van der Waals surface area contributed by atoms with Crippen LogP contribution < -0.4 is 0 Å². The molecule has 0 bridgehead atoms. The van der Waals surface area contributed by atoms with Crippen molar-refractivity contribution in [1.29, 1.82) is 0 Å². The SMILES string of the molecule is CCOC(=O)CCC(C)(O)C(=O)c1ccc(C(=O)c2ccccc2)cc1. The number of benzene rings is 2. The van der Waals surface area contributed by atoms with Gasteiger partial charge >= 0.3 is 5.97 Å². The molecule has 0 saturated heterocycles. The molecule has 5 heteroatoms. The van der Waals surface area contributed by atoms with Crippen LogP contribution in [-0.2, 0) is 9.53 Å². The van der Waals surface area contributed by atoms with Crippen LogP contribution in [0.3, 0.4) is 0 Å². The van der Waals surface area contributed by atoms with Crippen LogP contribution in [0.2, 0.25) is 0 Å². The van der Waals surface area contributed by atoms with E-state index < -0.39 is 17.4 Å². The van der Waals surface area contributed by atoms with Crippen molar-refractivity contribution in [2.75, 3.05) is 6.61 Å². The zero-order chi connectivity index (χ0) is 19.2. The largest absolute Gasteiger partial charge is 0.466 e. The average molecular weight is 354 g/mol. The summed E-state index contributed by atoms with van der Waals surface area (Å²) in [6.07, 6.45) is -0.0769. The molecular weight excluding hydrogens is 332 g/mol. The van der Waals surface area contributed by atoms with E-state index in [1.54, 1.807) is 43.3 Å². The average Bonchev–Trinajstić information content (AvgIpc) is 2.66. The number of rotatable bonds is 8. The molecule has 0 aliphatic rings. The summed E-state index contributed by atoms with van der Waals surface area (Å²) in [6.45, 7) is 3.32. The fourth-order valence-corrected chi connectivity index (χ4v) is 2.53. The molecule has 0 saturated carbocycles. The van der Waals surface area contributed by atoms with E-state index in [1.165, 1.54) is 19.1 Å². The molecule has 2 rings (SSSR count). The first kappa shape index (κ1) is 19.5. The van der Waals surface area contributed by atoms with Crippen molar-refractivity contribution < 1.29 is 24.2 Å². The summed E-state index contributed by atoms with van der Waals surface area (Å²) in [5, 5.41) is 10.4. The molecule has 0 aliphatic heterocycles. The van der Waals surface area contributed by atoms with Gasteiger partial charge in [0.1, 0.15) is 5.60 Å². The van der Waals surface area contributed by atoms with Gasteiger partial charge in [0.15, 0.2) is 11.6 Å². The molecule has 0 spiro atoms. The van der Waals surface area contributed by atoms with E-state index in [1.807, 2.05) is 6.07 Å². The maximum atomic E-state index is 12.5. The zero-order valence-corrected chi connectivity index (χ0v) is 14.9. The molecule has 2 aromatic rings. The Balaban J connectivity index is 2.08. The molecule has 0 fully saturated rings. The highest BCUT2D eigenvalue weighted by Crippen LogP contribution is 2.20. The van der Waals surface area contributed by atoms with E-state index in [9.17, 15) is 19.5 Å². The number of ether oxygens (including phenoxy) is 1. The highest BCUT2D eigenvalue weighted by atomic mass is 16.5.